The van der Waals surface area contributed by atoms with E-state index in [1.54, 1.807) is 0 Å². The van der Waals surface area contributed by atoms with Crippen molar-refractivity contribution in [2.75, 3.05) is 7.11 Å². The van der Waals surface area contributed by atoms with Gasteiger partial charge in [-0.1, -0.05) is 0 Å². The molecular formula is C11H9FO5. The molecule has 0 fully saturated rings. The van der Waals surface area contributed by atoms with E-state index in [2.05, 4.69) is 0 Å². The van der Waals surface area contributed by atoms with Crippen LogP contribution in [-0.2, 0) is 9.59 Å². The van der Waals surface area contributed by atoms with Gasteiger partial charge < -0.3 is 14.9 Å². The van der Waals surface area contributed by atoms with E-state index in [0.717, 1.165) is 12.1 Å². The summed E-state index contributed by atoms with van der Waals surface area (Å²) in [5.74, 6) is -4.37. The molecule has 1 rings (SSSR count). The van der Waals surface area contributed by atoms with E-state index in [9.17, 15) is 19.1 Å². The number of halogens is 1. The van der Waals surface area contributed by atoms with Crippen molar-refractivity contribution in [3.63, 3.8) is 0 Å². The smallest absolute Gasteiger partial charge is 0.376 e. The third kappa shape index (κ3) is 3.04. The van der Waals surface area contributed by atoms with Gasteiger partial charge in [0.15, 0.2) is 0 Å². The minimum absolute atomic E-state index is 0.268. The number of ketones is 1. The fraction of sp³-hybridized carbons (Fsp3) is 0.0909. The molecule has 0 atom stereocenters. The molecule has 17 heavy (non-hydrogen) atoms. The number of rotatable bonds is 4. The maximum atomic E-state index is 13.3. The van der Waals surface area contributed by atoms with Gasteiger partial charge in [-0.05, 0) is 18.2 Å². The lowest BCUT2D eigenvalue weighted by molar-refractivity contribution is -0.146. The Labute approximate surface area is 95.8 Å². The van der Waals surface area contributed by atoms with Gasteiger partial charge in [0.2, 0.25) is 0 Å². The van der Waals surface area contributed by atoms with Gasteiger partial charge in [-0.3, -0.25) is 4.79 Å². The molecule has 0 heterocycles. The number of carbonyl (C=O) groups excluding carboxylic acids is 1. The number of aliphatic carboxylic acids is 1. The van der Waals surface area contributed by atoms with Gasteiger partial charge >= 0.3 is 5.97 Å². The lowest BCUT2D eigenvalue weighted by Gasteiger charge is -2.04. The molecule has 0 aromatic heterocycles. The predicted molar refractivity (Wildman–Crippen MR) is 56.2 cm³/mol. The molecular weight excluding hydrogens is 231 g/mol. The highest BCUT2D eigenvalue weighted by Crippen LogP contribution is 2.21. The summed E-state index contributed by atoms with van der Waals surface area (Å²) in [6, 6.07) is 3.50. The van der Waals surface area contributed by atoms with Crippen LogP contribution in [0, 0.1) is 5.82 Å². The Morgan fingerprint density at radius 3 is 2.53 bits per heavy atom. The molecule has 90 valence electrons. The zero-order valence-electron chi connectivity index (χ0n) is 8.81. The highest BCUT2D eigenvalue weighted by Gasteiger charge is 2.13. The first-order chi connectivity index (χ1) is 7.95. The molecule has 5 nitrogen and oxygen atoms in total. The van der Waals surface area contributed by atoms with Crippen LogP contribution in [0.5, 0.6) is 5.75 Å². The topological polar surface area (TPSA) is 83.8 Å². The molecule has 6 heteroatoms. The molecule has 1 aromatic carbocycles. The molecule has 2 N–H and O–H groups in total. The Bertz CT molecular complexity index is 493. The zero-order chi connectivity index (χ0) is 13.0. The third-order valence-corrected chi connectivity index (χ3v) is 1.93. The minimum atomic E-state index is -1.74. The lowest BCUT2D eigenvalue weighted by Crippen LogP contribution is -2.09. The van der Waals surface area contributed by atoms with Gasteiger partial charge in [-0.2, -0.15) is 0 Å². The van der Waals surface area contributed by atoms with E-state index in [1.807, 2.05) is 0 Å². The Balaban J connectivity index is 3.15. The molecule has 0 unspecified atom stereocenters. The van der Waals surface area contributed by atoms with Gasteiger partial charge in [0.1, 0.15) is 17.3 Å². The number of hydrogen-bond donors (Lipinski definition) is 2. The molecule has 0 saturated heterocycles. The molecule has 0 aliphatic heterocycles. The largest absolute Gasteiger partial charge is 0.507 e. The van der Waals surface area contributed by atoms with Gasteiger partial charge in [0.25, 0.3) is 5.78 Å². The van der Waals surface area contributed by atoms with Crippen LogP contribution in [0.3, 0.4) is 0 Å². The first-order valence-electron chi connectivity index (χ1n) is 4.47. The number of aliphatic hydroxyl groups excluding tert-OH is 1. The number of hydrogen-bond acceptors (Lipinski definition) is 4. The molecule has 1 aromatic rings. The Kier molecular flexibility index (Phi) is 3.82. The van der Waals surface area contributed by atoms with Crippen molar-refractivity contribution in [3.8, 4) is 5.75 Å². The van der Waals surface area contributed by atoms with Crippen LogP contribution >= 0.6 is 0 Å². The molecule has 0 saturated carbocycles. The molecule has 0 bridgehead atoms. The number of carboxylic acids is 1. The number of methoxy groups -OCH3 is 1. The fourth-order valence-electron chi connectivity index (χ4n) is 1.09. The second kappa shape index (κ2) is 5.11. The van der Waals surface area contributed by atoms with Crippen LogP contribution in [0.25, 0.3) is 5.76 Å². The summed E-state index contributed by atoms with van der Waals surface area (Å²) in [7, 11) is 1.35. The van der Waals surface area contributed by atoms with Crippen LogP contribution in [-0.4, -0.2) is 29.1 Å². The summed E-state index contributed by atoms with van der Waals surface area (Å²) >= 11 is 0. The molecule has 0 radical (unpaired) electrons. The van der Waals surface area contributed by atoms with E-state index < -0.39 is 23.3 Å². The average Bonchev–Trinajstić information content (AvgIpc) is 2.29. The maximum absolute atomic E-state index is 13.3. The second-order valence-electron chi connectivity index (χ2n) is 3.04. The first kappa shape index (κ1) is 12.7. The second-order valence-corrected chi connectivity index (χ2v) is 3.04. The van der Waals surface area contributed by atoms with E-state index in [0.29, 0.717) is 6.08 Å². The number of carboxylic acid groups (broad SMARTS) is 1. The van der Waals surface area contributed by atoms with E-state index >= 15 is 0 Å². The van der Waals surface area contributed by atoms with Gasteiger partial charge in [0.05, 0.1) is 12.7 Å². The number of ether oxygens (including phenoxy) is 1. The summed E-state index contributed by atoms with van der Waals surface area (Å²) in [5.41, 5.74) is -0.307. The highest BCUT2D eigenvalue weighted by atomic mass is 19.1. The van der Waals surface area contributed by atoms with Crippen molar-refractivity contribution < 1.29 is 28.9 Å². The molecule has 0 spiro atoms. The van der Waals surface area contributed by atoms with Crippen LogP contribution in [0.2, 0.25) is 0 Å². The van der Waals surface area contributed by atoms with Crippen molar-refractivity contribution in [2.24, 2.45) is 0 Å². The fourth-order valence-corrected chi connectivity index (χ4v) is 1.09. The van der Waals surface area contributed by atoms with Crippen LogP contribution in [0.15, 0.2) is 24.3 Å². The van der Waals surface area contributed by atoms with E-state index in [1.165, 1.54) is 13.2 Å². The van der Waals surface area contributed by atoms with Crippen molar-refractivity contribution in [3.05, 3.63) is 35.7 Å². The van der Waals surface area contributed by atoms with E-state index in [4.69, 9.17) is 9.84 Å². The Morgan fingerprint density at radius 2 is 2.00 bits per heavy atom. The predicted octanol–water partition coefficient (Wildman–Crippen LogP) is 1.39. The molecule has 0 aliphatic carbocycles. The molecule has 0 aliphatic rings. The summed E-state index contributed by atoms with van der Waals surface area (Å²) in [6.45, 7) is 0. The van der Waals surface area contributed by atoms with Gasteiger partial charge in [-0.15, -0.1) is 0 Å². The summed E-state index contributed by atoms with van der Waals surface area (Å²) in [5, 5.41) is 17.7. The Hall–Kier alpha value is -2.37. The van der Waals surface area contributed by atoms with Crippen LogP contribution < -0.4 is 4.74 Å². The van der Waals surface area contributed by atoms with Crippen molar-refractivity contribution in [2.45, 2.75) is 0 Å². The summed E-state index contributed by atoms with van der Waals surface area (Å²) in [6.07, 6.45) is 0.431. The van der Waals surface area contributed by atoms with Crippen molar-refractivity contribution in [1.29, 1.82) is 0 Å². The summed E-state index contributed by atoms with van der Waals surface area (Å²) in [4.78, 5) is 21.1. The van der Waals surface area contributed by atoms with E-state index in [-0.39, 0.29) is 11.3 Å². The standard InChI is InChI=1S/C11H9FO5/c1-17-6-2-3-8(12)7(4-6)9(13)5-10(14)11(15)16/h2-5,13H,1H3,(H,15,16)/b9-5-. The average molecular weight is 240 g/mol. The van der Waals surface area contributed by atoms with Crippen LogP contribution in [0.4, 0.5) is 4.39 Å². The Morgan fingerprint density at radius 1 is 1.35 bits per heavy atom. The van der Waals surface area contributed by atoms with Crippen molar-refractivity contribution >= 4 is 17.5 Å². The SMILES string of the molecule is COc1ccc(F)c(/C(O)=C/C(=O)C(=O)O)c1. The highest BCUT2D eigenvalue weighted by molar-refractivity contribution is 6.38. The zero-order valence-corrected chi connectivity index (χ0v) is 8.81. The van der Waals surface area contributed by atoms with Gasteiger partial charge in [0, 0.05) is 6.08 Å². The summed E-state index contributed by atoms with van der Waals surface area (Å²) < 4.78 is 18.1. The minimum Gasteiger partial charge on any atom is -0.507 e. The van der Waals surface area contributed by atoms with Crippen molar-refractivity contribution in [1.82, 2.24) is 0 Å². The quantitative estimate of drug-likeness (QED) is 0.472. The third-order valence-electron chi connectivity index (χ3n) is 1.93. The van der Waals surface area contributed by atoms with Gasteiger partial charge in [-0.25, -0.2) is 9.18 Å². The monoisotopic (exact) mass is 240 g/mol. The maximum Gasteiger partial charge on any atom is 0.376 e. The van der Waals surface area contributed by atoms with Crippen LogP contribution in [0.1, 0.15) is 5.56 Å². The number of aliphatic hydroxyl groups is 1. The lowest BCUT2D eigenvalue weighted by atomic mass is 10.1. The first-order valence-corrected chi connectivity index (χ1v) is 4.47. The molecule has 0 amide bonds. The number of carbonyl (C=O) groups is 2. The number of benzene rings is 1. The normalized spacial score (nSPS) is 11.1.